The lowest BCUT2D eigenvalue weighted by molar-refractivity contribution is -0.137. The molecule has 204 valence electrons. The van der Waals surface area contributed by atoms with Crippen molar-refractivity contribution in [2.24, 2.45) is 0 Å². The number of hydrogen-bond donors (Lipinski definition) is 1. The Hall–Kier alpha value is -3.26. The van der Waals surface area contributed by atoms with Crippen molar-refractivity contribution in [2.75, 3.05) is 19.0 Å². The maximum atomic E-state index is 13.1. The van der Waals surface area contributed by atoms with Gasteiger partial charge in [-0.1, -0.05) is 0 Å². The Kier molecular flexibility index (Phi) is 8.17. The van der Waals surface area contributed by atoms with Crippen LogP contribution in [0.1, 0.15) is 28.1 Å². The molecular formula is C27H23F3IN3O4S. The molecule has 0 radical (unpaired) electrons. The number of aromatic nitrogens is 1. The van der Waals surface area contributed by atoms with Crippen LogP contribution in [0.15, 0.2) is 47.4 Å². The number of benzene rings is 2. The van der Waals surface area contributed by atoms with E-state index in [9.17, 15) is 27.6 Å². The van der Waals surface area contributed by atoms with Crippen molar-refractivity contribution >= 4 is 63.2 Å². The lowest BCUT2D eigenvalue weighted by Crippen LogP contribution is -2.36. The van der Waals surface area contributed by atoms with E-state index in [1.807, 2.05) is 39.0 Å². The molecule has 0 unspecified atom stereocenters. The molecule has 4 rings (SSSR count). The van der Waals surface area contributed by atoms with Crippen molar-refractivity contribution in [3.8, 4) is 11.4 Å². The zero-order valence-electron chi connectivity index (χ0n) is 21.3. The number of ether oxygens (including phenoxy) is 1. The maximum Gasteiger partial charge on any atom is 0.416 e. The fraction of sp³-hybridized carbons (Fsp3) is 0.222. The summed E-state index contributed by atoms with van der Waals surface area (Å²) in [5, 5.41) is 1.66. The summed E-state index contributed by atoms with van der Waals surface area (Å²) in [4.78, 5) is 39.2. The first-order chi connectivity index (χ1) is 18.3. The minimum atomic E-state index is -4.63. The number of nitrogens with one attached hydrogen (secondary N) is 1. The second-order valence-corrected chi connectivity index (χ2v) is 11.0. The van der Waals surface area contributed by atoms with E-state index in [-0.39, 0.29) is 16.3 Å². The third-order valence-corrected chi connectivity index (χ3v) is 8.25. The smallest absolute Gasteiger partial charge is 0.416 e. The molecule has 7 nitrogen and oxygen atoms in total. The number of carbonyl (C=O) groups is 3. The number of methoxy groups -OCH3 is 1. The molecule has 1 fully saturated rings. The number of carbonyl (C=O) groups excluding carboxylic acids is 3. The first-order valence-electron chi connectivity index (χ1n) is 11.6. The van der Waals surface area contributed by atoms with Crippen LogP contribution in [0.3, 0.4) is 0 Å². The van der Waals surface area contributed by atoms with Crippen LogP contribution in [-0.2, 0) is 15.8 Å². The summed E-state index contributed by atoms with van der Waals surface area (Å²) in [7, 11) is 1.25. The minimum Gasteiger partial charge on any atom is -0.495 e. The first kappa shape index (κ1) is 28.7. The molecule has 2 heterocycles. The summed E-state index contributed by atoms with van der Waals surface area (Å²) >= 11 is 2.97. The molecule has 2 aromatic carbocycles. The average molecular weight is 669 g/mol. The highest BCUT2D eigenvalue weighted by molar-refractivity contribution is 14.1. The largest absolute Gasteiger partial charge is 0.495 e. The Morgan fingerprint density at radius 1 is 1.10 bits per heavy atom. The number of hydrogen-bond acceptors (Lipinski definition) is 5. The number of imide groups is 1. The number of rotatable bonds is 6. The van der Waals surface area contributed by atoms with Gasteiger partial charge in [0.1, 0.15) is 12.3 Å². The van der Waals surface area contributed by atoms with E-state index in [1.54, 1.807) is 6.08 Å². The summed E-state index contributed by atoms with van der Waals surface area (Å²) < 4.78 is 47.6. The van der Waals surface area contributed by atoms with Crippen molar-refractivity contribution in [2.45, 2.75) is 26.9 Å². The highest BCUT2D eigenvalue weighted by atomic mass is 127. The molecule has 39 heavy (non-hydrogen) atoms. The Labute approximate surface area is 240 Å². The molecule has 12 heteroatoms. The molecule has 0 bridgehead atoms. The summed E-state index contributed by atoms with van der Waals surface area (Å²) in [6.07, 6.45) is -3.02. The van der Waals surface area contributed by atoms with Crippen LogP contribution in [0.4, 0.5) is 23.7 Å². The van der Waals surface area contributed by atoms with Crippen molar-refractivity contribution in [1.29, 1.82) is 0 Å². The Morgan fingerprint density at radius 2 is 1.82 bits per heavy atom. The molecular weight excluding hydrogens is 646 g/mol. The van der Waals surface area contributed by atoms with Gasteiger partial charge in [-0.05, 0) is 115 Å². The van der Waals surface area contributed by atoms with E-state index in [4.69, 9.17) is 4.74 Å². The van der Waals surface area contributed by atoms with Gasteiger partial charge in [0.2, 0.25) is 5.91 Å². The lowest BCUT2D eigenvalue weighted by atomic mass is 10.1. The molecule has 0 aliphatic carbocycles. The molecule has 1 saturated heterocycles. The molecule has 0 saturated carbocycles. The van der Waals surface area contributed by atoms with Gasteiger partial charge in [-0.2, -0.15) is 13.2 Å². The standard InChI is InChI=1S/C27H23F3IN3O4S/c1-14-9-19(6-7-20(14)31)34-15(2)10-17(16(34)3)11-23-25(36)33(26(37)39-23)13-24(35)32-21-12-18(27(28,29)30)5-8-22(21)38-4/h5-12H,13H2,1-4H3,(H,32,35)/b23-11-. The molecule has 1 N–H and O–H groups in total. The Morgan fingerprint density at radius 3 is 2.46 bits per heavy atom. The highest BCUT2D eigenvalue weighted by Gasteiger charge is 2.37. The van der Waals surface area contributed by atoms with Gasteiger partial charge in [0, 0.05) is 20.6 Å². The van der Waals surface area contributed by atoms with Gasteiger partial charge in [-0.15, -0.1) is 0 Å². The van der Waals surface area contributed by atoms with Gasteiger partial charge in [-0.25, -0.2) is 0 Å². The summed E-state index contributed by atoms with van der Waals surface area (Å²) in [5.41, 5.74) is 3.44. The zero-order chi connectivity index (χ0) is 28.6. The minimum absolute atomic E-state index is 0.00376. The van der Waals surface area contributed by atoms with E-state index < -0.39 is 35.3 Å². The molecule has 3 aromatic rings. The van der Waals surface area contributed by atoms with Gasteiger partial charge in [-0.3, -0.25) is 19.3 Å². The van der Waals surface area contributed by atoms with Crippen LogP contribution in [0, 0.1) is 24.3 Å². The first-order valence-corrected chi connectivity index (χ1v) is 13.5. The summed E-state index contributed by atoms with van der Waals surface area (Å²) in [6.45, 7) is 5.21. The van der Waals surface area contributed by atoms with Gasteiger partial charge < -0.3 is 14.6 Å². The molecule has 0 atom stereocenters. The number of halogens is 4. The molecule has 1 aliphatic rings. The van der Waals surface area contributed by atoms with Crippen molar-refractivity contribution < 1.29 is 32.3 Å². The number of aryl methyl sites for hydroxylation is 2. The SMILES string of the molecule is COc1ccc(C(F)(F)F)cc1NC(=O)CN1C(=O)S/C(=C\c2cc(C)n(-c3ccc(I)c(C)c3)c2C)C1=O. The lowest BCUT2D eigenvalue weighted by Gasteiger charge is -2.16. The van der Waals surface area contributed by atoms with Crippen molar-refractivity contribution in [3.05, 3.63) is 79.0 Å². The molecule has 1 aliphatic heterocycles. The molecule has 0 spiro atoms. The predicted molar refractivity (Wildman–Crippen MR) is 152 cm³/mol. The zero-order valence-corrected chi connectivity index (χ0v) is 24.2. The van der Waals surface area contributed by atoms with Crippen LogP contribution in [0.25, 0.3) is 11.8 Å². The van der Waals surface area contributed by atoms with Crippen molar-refractivity contribution in [1.82, 2.24) is 9.47 Å². The third-order valence-electron chi connectivity index (χ3n) is 6.13. The summed E-state index contributed by atoms with van der Waals surface area (Å²) in [5.74, 6) is -1.50. The number of amides is 3. The van der Waals surface area contributed by atoms with Gasteiger partial charge in [0.25, 0.3) is 11.1 Å². The van der Waals surface area contributed by atoms with Gasteiger partial charge in [0.05, 0.1) is 23.3 Å². The van der Waals surface area contributed by atoms with Crippen LogP contribution in [0.5, 0.6) is 5.75 Å². The second-order valence-electron chi connectivity index (χ2n) is 8.82. The predicted octanol–water partition coefficient (Wildman–Crippen LogP) is 6.71. The maximum absolute atomic E-state index is 13.1. The monoisotopic (exact) mass is 669 g/mol. The average Bonchev–Trinajstić information content (AvgIpc) is 3.29. The Balaban J connectivity index is 1.54. The fourth-order valence-electron chi connectivity index (χ4n) is 4.19. The number of alkyl halides is 3. The quantitative estimate of drug-likeness (QED) is 0.233. The van der Waals surface area contributed by atoms with Crippen LogP contribution >= 0.6 is 34.4 Å². The van der Waals surface area contributed by atoms with Gasteiger partial charge in [0.15, 0.2) is 0 Å². The van der Waals surface area contributed by atoms with Crippen LogP contribution in [0.2, 0.25) is 0 Å². The molecule has 3 amide bonds. The van der Waals surface area contributed by atoms with E-state index in [0.29, 0.717) is 11.8 Å². The Bertz CT molecular complexity index is 1530. The van der Waals surface area contributed by atoms with E-state index >= 15 is 0 Å². The van der Waals surface area contributed by atoms with Crippen LogP contribution < -0.4 is 10.1 Å². The second kappa shape index (κ2) is 11.1. The summed E-state index contributed by atoms with van der Waals surface area (Å²) in [6, 6.07) is 10.6. The van der Waals surface area contributed by atoms with Crippen LogP contribution in [-0.4, -0.2) is 40.2 Å². The normalized spacial score (nSPS) is 14.9. The topological polar surface area (TPSA) is 80.6 Å². The fourth-order valence-corrected chi connectivity index (χ4v) is 5.36. The third kappa shape index (κ3) is 6.01. The number of anilines is 1. The number of nitrogens with zero attached hydrogens (tertiary/aromatic N) is 2. The van der Waals surface area contributed by atoms with E-state index in [2.05, 4.69) is 38.5 Å². The van der Waals surface area contributed by atoms with E-state index in [1.165, 1.54) is 7.11 Å². The molecule has 1 aromatic heterocycles. The van der Waals surface area contributed by atoms with E-state index in [0.717, 1.165) is 54.9 Å². The van der Waals surface area contributed by atoms with Gasteiger partial charge >= 0.3 is 6.18 Å². The highest BCUT2D eigenvalue weighted by Crippen LogP contribution is 2.36. The number of thioether (sulfide) groups is 1. The van der Waals surface area contributed by atoms with Crippen molar-refractivity contribution in [3.63, 3.8) is 0 Å².